The number of aliphatic hydroxyl groups excluding tert-OH is 2. The first kappa shape index (κ1) is 16.4. The van der Waals surface area contributed by atoms with E-state index in [4.69, 9.17) is 9.84 Å². The lowest BCUT2D eigenvalue weighted by Crippen LogP contribution is -2.35. The van der Waals surface area contributed by atoms with E-state index in [0.29, 0.717) is 12.3 Å². The lowest BCUT2D eigenvalue weighted by molar-refractivity contribution is 0.0532. The second-order valence-corrected chi connectivity index (χ2v) is 6.42. The van der Waals surface area contributed by atoms with Crippen LogP contribution in [0.15, 0.2) is 22.7 Å². The summed E-state index contributed by atoms with van der Waals surface area (Å²) in [5.74, 6) is 0.715. The van der Waals surface area contributed by atoms with Gasteiger partial charge in [0.2, 0.25) is 0 Å². The molecular weight excluding hydrogens is 310 g/mol. The Balaban J connectivity index is 2.74. The molecule has 1 aromatic rings. The van der Waals surface area contributed by atoms with Gasteiger partial charge in [0, 0.05) is 22.1 Å². The largest absolute Gasteiger partial charge is 0.490 e. The van der Waals surface area contributed by atoms with Gasteiger partial charge in [-0.2, -0.15) is 0 Å². The lowest BCUT2D eigenvalue weighted by atomic mass is 10.1. The zero-order valence-electron chi connectivity index (χ0n) is 11.6. The Morgan fingerprint density at radius 2 is 2.05 bits per heavy atom. The number of hydrogen-bond acceptors (Lipinski definition) is 4. The molecule has 0 aliphatic carbocycles. The van der Waals surface area contributed by atoms with Gasteiger partial charge >= 0.3 is 0 Å². The average molecular weight is 332 g/mol. The Labute approximate surface area is 122 Å². The molecule has 1 rings (SSSR count). The summed E-state index contributed by atoms with van der Waals surface area (Å²) >= 11 is 3.44. The third-order valence-electron chi connectivity index (χ3n) is 2.47. The summed E-state index contributed by atoms with van der Waals surface area (Å²) in [5, 5.41) is 21.5. The highest BCUT2D eigenvalue weighted by Crippen LogP contribution is 2.24. The maximum Gasteiger partial charge on any atom is 0.124 e. The maximum absolute atomic E-state index is 9.32. The van der Waals surface area contributed by atoms with Gasteiger partial charge in [0.25, 0.3) is 0 Å². The number of rotatable bonds is 6. The molecule has 1 atom stereocenters. The van der Waals surface area contributed by atoms with Gasteiger partial charge in [-0.05, 0) is 39.0 Å². The molecule has 0 bridgehead atoms. The number of ether oxygens (including phenoxy) is 1. The Kier molecular flexibility index (Phi) is 6.26. The van der Waals surface area contributed by atoms with E-state index in [2.05, 4.69) is 42.0 Å². The van der Waals surface area contributed by atoms with Crippen LogP contribution in [0.1, 0.15) is 26.3 Å². The molecule has 19 heavy (non-hydrogen) atoms. The summed E-state index contributed by atoms with van der Waals surface area (Å²) in [7, 11) is 0. The van der Waals surface area contributed by atoms with Gasteiger partial charge in [-0.15, -0.1) is 0 Å². The second kappa shape index (κ2) is 7.24. The molecule has 1 aromatic carbocycles. The minimum atomic E-state index is -0.855. The predicted octanol–water partition coefficient (Wildman–Crippen LogP) is 2.07. The van der Waals surface area contributed by atoms with E-state index >= 15 is 0 Å². The minimum Gasteiger partial charge on any atom is -0.490 e. The molecule has 3 N–H and O–H groups in total. The number of halogens is 1. The summed E-state index contributed by atoms with van der Waals surface area (Å²) in [6.45, 7) is 6.75. The highest BCUT2D eigenvalue weighted by molar-refractivity contribution is 9.10. The van der Waals surface area contributed by atoms with Gasteiger partial charge in [-0.1, -0.05) is 15.9 Å². The zero-order chi connectivity index (χ0) is 14.5. The molecule has 0 fully saturated rings. The molecule has 0 saturated carbocycles. The van der Waals surface area contributed by atoms with E-state index in [-0.39, 0.29) is 18.8 Å². The summed E-state index contributed by atoms with van der Waals surface area (Å²) in [5.41, 5.74) is 1.03. The Bertz CT molecular complexity index is 404. The molecule has 0 aliphatic heterocycles. The first-order valence-corrected chi connectivity index (χ1v) is 7.06. The van der Waals surface area contributed by atoms with Crippen LogP contribution in [0.2, 0.25) is 0 Å². The van der Waals surface area contributed by atoms with Crippen molar-refractivity contribution in [3.05, 3.63) is 28.2 Å². The van der Waals surface area contributed by atoms with Gasteiger partial charge in [-0.3, -0.25) is 0 Å². The normalized spacial score (nSPS) is 13.4. The van der Waals surface area contributed by atoms with Crippen molar-refractivity contribution in [2.75, 3.05) is 13.2 Å². The topological polar surface area (TPSA) is 61.7 Å². The van der Waals surface area contributed by atoms with Crippen molar-refractivity contribution in [1.82, 2.24) is 5.32 Å². The number of aliphatic hydroxyl groups is 2. The van der Waals surface area contributed by atoms with Crippen LogP contribution in [0.25, 0.3) is 0 Å². The molecule has 0 saturated heterocycles. The van der Waals surface area contributed by atoms with E-state index in [1.54, 1.807) is 0 Å². The van der Waals surface area contributed by atoms with E-state index in [1.807, 2.05) is 18.2 Å². The van der Waals surface area contributed by atoms with Crippen molar-refractivity contribution in [3.8, 4) is 5.75 Å². The van der Waals surface area contributed by atoms with Crippen LogP contribution >= 0.6 is 15.9 Å². The van der Waals surface area contributed by atoms with Crippen molar-refractivity contribution in [1.29, 1.82) is 0 Å². The fraction of sp³-hybridized carbons (Fsp3) is 0.571. The van der Waals surface area contributed by atoms with Crippen LogP contribution in [0.4, 0.5) is 0 Å². The summed E-state index contributed by atoms with van der Waals surface area (Å²) in [4.78, 5) is 0. The molecule has 0 aliphatic rings. The van der Waals surface area contributed by atoms with E-state index < -0.39 is 6.10 Å². The van der Waals surface area contributed by atoms with Crippen LogP contribution < -0.4 is 10.1 Å². The van der Waals surface area contributed by atoms with Gasteiger partial charge in [0.05, 0.1) is 6.61 Å². The SMILES string of the molecule is CC(C)(C)NCc1cc(Br)ccc1OCC(O)CO. The first-order chi connectivity index (χ1) is 8.81. The Morgan fingerprint density at radius 1 is 1.37 bits per heavy atom. The van der Waals surface area contributed by atoms with E-state index in [9.17, 15) is 5.11 Å². The standard InChI is InChI=1S/C14H22BrNO3/c1-14(2,3)16-7-10-6-11(15)4-5-13(10)19-9-12(18)8-17/h4-6,12,16-18H,7-9H2,1-3H3. The van der Waals surface area contributed by atoms with Crippen molar-refractivity contribution < 1.29 is 14.9 Å². The third kappa shape index (κ3) is 6.38. The van der Waals surface area contributed by atoms with Crippen LogP contribution in [0.3, 0.4) is 0 Å². The highest BCUT2D eigenvalue weighted by Gasteiger charge is 2.12. The van der Waals surface area contributed by atoms with Crippen molar-refractivity contribution in [2.24, 2.45) is 0 Å². The Morgan fingerprint density at radius 3 is 2.63 bits per heavy atom. The molecule has 1 unspecified atom stereocenters. The number of hydrogen-bond donors (Lipinski definition) is 3. The fourth-order valence-electron chi connectivity index (χ4n) is 1.43. The van der Waals surface area contributed by atoms with Gasteiger partial charge in [-0.25, -0.2) is 0 Å². The molecule has 4 nitrogen and oxygen atoms in total. The smallest absolute Gasteiger partial charge is 0.124 e. The fourth-order valence-corrected chi connectivity index (χ4v) is 1.83. The highest BCUT2D eigenvalue weighted by atomic mass is 79.9. The first-order valence-electron chi connectivity index (χ1n) is 6.27. The van der Waals surface area contributed by atoms with Crippen molar-refractivity contribution in [2.45, 2.75) is 39.0 Å². The van der Waals surface area contributed by atoms with Gasteiger partial charge in [0.15, 0.2) is 0 Å². The second-order valence-electron chi connectivity index (χ2n) is 5.50. The van der Waals surface area contributed by atoms with Crippen LogP contribution in [0.5, 0.6) is 5.75 Å². The van der Waals surface area contributed by atoms with Gasteiger partial charge < -0.3 is 20.3 Å². The lowest BCUT2D eigenvalue weighted by Gasteiger charge is -2.22. The predicted molar refractivity (Wildman–Crippen MR) is 79.3 cm³/mol. The van der Waals surface area contributed by atoms with Crippen LogP contribution in [-0.4, -0.2) is 35.1 Å². The zero-order valence-corrected chi connectivity index (χ0v) is 13.2. The summed E-state index contributed by atoms with van der Waals surface area (Å²) < 4.78 is 6.52. The molecule has 0 radical (unpaired) electrons. The maximum atomic E-state index is 9.32. The quantitative estimate of drug-likeness (QED) is 0.746. The Hall–Kier alpha value is -0.620. The summed E-state index contributed by atoms with van der Waals surface area (Å²) in [6, 6.07) is 5.73. The van der Waals surface area contributed by atoms with Gasteiger partial charge in [0.1, 0.15) is 18.5 Å². The van der Waals surface area contributed by atoms with E-state index in [0.717, 1.165) is 10.0 Å². The van der Waals surface area contributed by atoms with E-state index in [1.165, 1.54) is 0 Å². The molecule has 108 valence electrons. The summed E-state index contributed by atoms with van der Waals surface area (Å²) in [6.07, 6.45) is -0.855. The molecule has 5 heteroatoms. The number of nitrogens with one attached hydrogen (secondary N) is 1. The van der Waals surface area contributed by atoms with Crippen LogP contribution in [0, 0.1) is 0 Å². The molecular formula is C14H22BrNO3. The van der Waals surface area contributed by atoms with Crippen molar-refractivity contribution >= 4 is 15.9 Å². The average Bonchev–Trinajstić information content (AvgIpc) is 2.33. The molecule has 0 spiro atoms. The van der Waals surface area contributed by atoms with Crippen molar-refractivity contribution in [3.63, 3.8) is 0 Å². The molecule has 0 heterocycles. The molecule has 0 aromatic heterocycles. The third-order valence-corrected chi connectivity index (χ3v) is 2.97. The minimum absolute atomic E-state index is 0.0181. The van der Waals surface area contributed by atoms with Crippen LogP contribution in [-0.2, 0) is 6.54 Å². The monoisotopic (exact) mass is 331 g/mol. The number of benzene rings is 1. The molecule has 0 amide bonds.